The zero-order chi connectivity index (χ0) is 13.5. The summed E-state index contributed by atoms with van der Waals surface area (Å²) in [6, 6.07) is 6.48. The van der Waals surface area contributed by atoms with Crippen molar-refractivity contribution < 1.29 is 9.90 Å². The van der Waals surface area contributed by atoms with Crippen LogP contribution in [0.25, 0.3) is 0 Å². The summed E-state index contributed by atoms with van der Waals surface area (Å²) in [6.07, 6.45) is 1.05. The predicted octanol–water partition coefficient (Wildman–Crippen LogP) is 0.679. The molecule has 0 aliphatic carbocycles. The number of amides is 1. The van der Waals surface area contributed by atoms with Gasteiger partial charge in [0.1, 0.15) is 5.75 Å². The van der Waals surface area contributed by atoms with Crippen LogP contribution in [0.1, 0.15) is 16.8 Å². The minimum atomic E-state index is -0.279. The zero-order valence-corrected chi connectivity index (χ0v) is 13.4. The van der Waals surface area contributed by atoms with E-state index in [9.17, 15) is 9.90 Å². The fraction of sp³-hybridized carbons (Fsp3) is 0.385. The molecule has 0 aromatic heterocycles. The van der Waals surface area contributed by atoms with Crippen molar-refractivity contribution in [2.45, 2.75) is 6.42 Å². The van der Waals surface area contributed by atoms with Gasteiger partial charge in [0.05, 0.1) is 5.56 Å². The number of halogens is 1. The molecule has 0 atom stereocenters. The Hall–Kier alpha value is -1.51. The molecule has 0 unspecified atom stereocenters. The zero-order valence-electron chi connectivity index (χ0n) is 11.1. The molecule has 110 valence electrons. The first-order valence-electron chi connectivity index (χ1n) is 6.36. The second kappa shape index (κ2) is 8.62. The lowest BCUT2D eigenvalue weighted by atomic mass is 10.2. The van der Waals surface area contributed by atoms with Crippen molar-refractivity contribution >= 4 is 35.8 Å². The number of phenols is 1. The summed E-state index contributed by atoms with van der Waals surface area (Å²) in [6.45, 7) is 2.81. The molecule has 1 amide bonds. The number of guanidine groups is 1. The van der Waals surface area contributed by atoms with Crippen molar-refractivity contribution in [2.24, 2.45) is 4.99 Å². The summed E-state index contributed by atoms with van der Waals surface area (Å²) >= 11 is 0. The molecule has 1 aliphatic heterocycles. The van der Waals surface area contributed by atoms with Crippen LogP contribution in [0.4, 0.5) is 0 Å². The molecule has 1 aromatic carbocycles. The third-order valence-corrected chi connectivity index (χ3v) is 2.75. The summed E-state index contributed by atoms with van der Waals surface area (Å²) in [5.74, 6) is 0.493. The van der Waals surface area contributed by atoms with Crippen LogP contribution in [0.2, 0.25) is 0 Å². The fourth-order valence-corrected chi connectivity index (χ4v) is 1.77. The first-order valence-corrected chi connectivity index (χ1v) is 6.36. The predicted molar refractivity (Wildman–Crippen MR) is 88.8 cm³/mol. The van der Waals surface area contributed by atoms with E-state index in [4.69, 9.17) is 0 Å². The molecule has 6 nitrogen and oxygen atoms in total. The van der Waals surface area contributed by atoms with Gasteiger partial charge in [-0.15, -0.1) is 24.0 Å². The number of aliphatic imine (C=N–C) groups is 1. The molecule has 1 heterocycles. The average molecular weight is 390 g/mol. The Labute approximate surface area is 135 Å². The fourth-order valence-electron chi connectivity index (χ4n) is 1.77. The van der Waals surface area contributed by atoms with E-state index >= 15 is 0 Å². The van der Waals surface area contributed by atoms with Crippen molar-refractivity contribution in [2.75, 3.05) is 26.2 Å². The first kappa shape index (κ1) is 16.5. The van der Waals surface area contributed by atoms with Gasteiger partial charge >= 0.3 is 0 Å². The number of hydrogen-bond donors (Lipinski definition) is 4. The van der Waals surface area contributed by atoms with Gasteiger partial charge in [0.15, 0.2) is 5.96 Å². The van der Waals surface area contributed by atoms with Crippen LogP contribution in [-0.4, -0.2) is 43.2 Å². The molecule has 0 radical (unpaired) electrons. The number of para-hydroxylation sites is 1. The van der Waals surface area contributed by atoms with Crippen molar-refractivity contribution in [3.8, 4) is 5.75 Å². The van der Waals surface area contributed by atoms with E-state index < -0.39 is 0 Å². The van der Waals surface area contributed by atoms with Crippen molar-refractivity contribution in [3.05, 3.63) is 29.8 Å². The Balaban J connectivity index is 0.00000200. The Morgan fingerprint density at radius 3 is 2.85 bits per heavy atom. The van der Waals surface area contributed by atoms with E-state index in [1.54, 1.807) is 18.2 Å². The van der Waals surface area contributed by atoms with Gasteiger partial charge in [-0.3, -0.25) is 9.79 Å². The van der Waals surface area contributed by atoms with Crippen molar-refractivity contribution in [1.82, 2.24) is 16.0 Å². The summed E-state index contributed by atoms with van der Waals surface area (Å²) in [5.41, 5.74) is 0.288. The number of nitrogens with one attached hydrogen (secondary N) is 3. The number of nitrogens with zero attached hydrogens (tertiary/aromatic N) is 1. The lowest BCUT2D eigenvalue weighted by Gasteiger charge is -2.16. The van der Waals surface area contributed by atoms with Gasteiger partial charge in [0.2, 0.25) is 0 Å². The van der Waals surface area contributed by atoms with E-state index in [1.165, 1.54) is 6.07 Å². The number of hydrogen-bond acceptors (Lipinski definition) is 5. The number of aromatic hydroxyl groups is 1. The van der Waals surface area contributed by atoms with Crippen molar-refractivity contribution in [3.63, 3.8) is 0 Å². The van der Waals surface area contributed by atoms with Crippen LogP contribution >= 0.6 is 24.0 Å². The minimum Gasteiger partial charge on any atom is -0.507 e. The molecule has 0 saturated heterocycles. The maximum atomic E-state index is 11.8. The average Bonchev–Trinajstić information content (AvgIpc) is 2.45. The monoisotopic (exact) mass is 390 g/mol. The molecule has 0 fully saturated rings. The Morgan fingerprint density at radius 2 is 2.15 bits per heavy atom. The minimum absolute atomic E-state index is 0. The normalized spacial score (nSPS) is 13.5. The number of rotatable bonds is 4. The summed E-state index contributed by atoms with van der Waals surface area (Å²) in [5, 5.41) is 18.5. The third kappa shape index (κ3) is 4.87. The van der Waals surface area contributed by atoms with Gasteiger partial charge in [0.25, 0.3) is 5.91 Å². The highest BCUT2D eigenvalue weighted by Crippen LogP contribution is 2.14. The number of carbonyl (C=O) groups is 1. The SMILES string of the molecule is I.O=C(NCCNC1=NCCCN1)c1ccccc1O. The standard InChI is InChI=1S/C13H18N4O2.HI/c18-11-5-2-1-4-10(11)12(19)14-8-9-17-13-15-6-3-7-16-13;/h1-2,4-5,18H,3,6-9H2,(H,14,19)(H2,15,16,17);1H. The topological polar surface area (TPSA) is 85.8 Å². The summed E-state index contributed by atoms with van der Waals surface area (Å²) in [4.78, 5) is 16.0. The Morgan fingerprint density at radius 1 is 1.35 bits per heavy atom. The molecule has 0 saturated carbocycles. The van der Waals surface area contributed by atoms with Crippen molar-refractivity contribution in [1.29, 1.82) is 0 Å². The lowest BCUT2D eigenvalue weighted by Crippen LogP contribution is -2.43. The van der Waals surface area contributed by atoms with E-state index in [1.807, 2.05) is 0 Å². The van der Waals surface area contributed by atoms with Crippen LogP contribution in [0.3, 0.4) is 0 Å². The smallest absolute Gasteiger partial charge is 0.255 e. The number of carbonyl (C=O) groups excluding carboxylic acids is 1. The van der Waals surface area contributed by atoms with Crippen LogP contribution < -0.4 is 16.0 Å². The highest BCUT2D eigenvalue weighted by molar-refractivity contribution is 14.0. The molecule has 0 bridgehead atoms. The second-order valence-electron chi connectivity index (χ2n) is 4.21. The third-order valence-electron chi connectivity index (χ3n) is 2.75. The van der Waals surface area contributed by atoms with E-state index in [0.717, 1.165) is 25.5 Å². The maximum Gasteiger partial charge on any atom is 0.255 e. The van der Waals surface area contributed by atoms with E-state index in [0.29, 0.717) is 13.1 Å². The highest BCUT2D eigenvalue weighted by Gasteiger charge is 2.09. The van der Waals surface area contributed by atoms with Gasteiger partial charge in [-0.05, 0) is 18.6 Å². The molecule has 20 heavy (non-hydrogen) atoms. The largest absolute Gasteiger partial charge is 0.507 e. The number of benzene rings is 1. The lowest BCUT2D eigenvalue weighted by molar-refractivity contribution is 0.0951. The van der Waals surface area contributed by atoms with Crippen LogP contribution in [0, 0.1) is 0 Å². The van der Waals surface area contributed by atoms with Crippen LogP contribution in [-0.2, 0) is 0 Å². The molecule has 1 aromatic rings. The van der Waals surface area contributed by atoms with E-state index in [-0.39, 0.29) is 41.2 Å². The second-order valence-corrected chi connectivity index (χ2v) is 4.21. The molecule has 1 aliphatic rings. The molecule has 4 N–H and O–H groups in total. The van der Waals surface area contributed by atoms with Gasteiger partial charge in [-0.25, -0.2) is 0 Å². The number of phenolic OH excluding ortho intramolecular Hbond substituents is 1. The molecule has 0 spiro atoms. The molecule has 7 heteroatoms. The van der Waals surface area contributed by atoms with Gasteiger partial charge in [-0.2, -0.15) is 0 Å². The van der Waals surface area contributed by atoms with Gasteiger partial charge in [-0.1, -0.05) is 12.1 Å². The molecular formula is C13H19IN4O2. The molecular weight excluding hydrogens is 371 g/mol. The Kier molecular flexibility index (Phi) is 7.13. The van der Waals surface area contributed by atoms with Crippen LogP contribution in [0.15, 0.2) is 29.3 Å². The summed E-state index contributed by atoms with van der Waals surface area (Å²) in [7, 11) is 0. The van der Waals surface area contributed by atoms with Crippen LogP contribution in [0.5, 0.6) is 5.75 Å². The summed E-state index contributed by atoms with van der Waals surface area (Å²) < 4.78 is 0. The maximum absolute atomic E-state index is 11.8. The van der Waals surface area contributed by atoms with Gasteiger partial charge in [0, 0.05) is 26.2 Å². The van der Waals surface area contributed by atoms with Gasteiger partial charge < -0.3 is 21.1 Å². The highest BCUT2D eigenvalue weighted by atomic mass is 127. The Bertz CT molecular complexity index is 479. The molecule has 2 rings (SSSR count). The first-order chi connectivity index (χ1) is 9.27. The quantitative estimate of drug-likeness (QED) is 0.450. The van der Waals surface area contributed by atoms with E-state index in [2.05, 4.69) is 20.9 Å².